The molecule has 4 aliphatic rings. The van der Waals surface area contributed by atoms with E-state index in [0.29, 0.717) is 22.1 Å². The van der Waals surface area contributed by atoms with Crippen molar-refractivity contribution in [2.45, 2.75) is 37.1 Å². The van der Waals surface area contributed by atoms with Gasteiger partial charge in [-0.1, -0.05) is 47.0 Å². The van der Waals surface area contributed by atoms with Gasteiger partial charge in [0, 0.05) is 30.1 Å². The number of carbonyl (C=O) groups is 2. The minimum absolute atomic E-state index is 0.00281. The summed E-state index contributed by atoms with van der Waals surface area (Å²) in [5, 5.41) is 0.717. The van der Waals surface area contributed by atoms with Gasteiger partial charge in [0.1, 0.15) is 0 Å². The van der Waals surface area contributed by atoms with Crippen molar-refractivity contribution in [1.82, 2.24) is 4.90 Å². The molecule has 0 spiro atoms. The van der Waals surface area contributed by atoms with Gasteiger partial charge in [-0.3, -0.25) is 4.90 Å². The van der Waals surface area contributed by atoms with Crippen LogP contribution in [-0.4, -0.2) is 48.4 Å². The lowest BCUT2D eigenvalue weighted by atomic mass is 9.73. The van der Waals surface area contributed by atoms with Crippen LogP contribution in [0.25, 0.3) is 0 Å². The molecule has 0 radical (unpaired) electrons. The molecule has 0 bridgehead atoms. The van der Waals surface area contributed by atoms with E-state index in [1.165, 1.54) is 0 Å². The number of hydrogen-bond acceptors (Lipinski definition) is 7. The van der Waals surface area contributed by atoms with Crippen LogP contribution < -0.4 is 9.47 Å². The molecule has 7 rings (SSSR count). The van der Waals surface area contributed by atoms with E-state index in [9.17, 15) is 9.59 Å². The van der Waals surface area contributed by atoms with Gasteiger partial charge in [0.2, 0.25) is 6.79 Å². The van der Waals surface area contributed by atoms with Crippen LogP contribution in [-0.2, 0) is 16.0 Å². The Morgan fingerprint density at radius 2 is 1.74 bits per heavy atom. The van der Waals surface area contributed by atoms with Gasteiger partial charge < -0.3 is 18.9 Å². The fourth-order valence-corrected chi connectivity index (χ4v) is 6.58. The zero-order chi connectivity index (χ0) is 26.7. The second-order valence-corrected chi connectivity index (χ2v) is 10.9. The van der Waals surface area contributed by atoms with Crippen LogP contribution in [0.5, 0.6) is 11.5 Å². The highest BCUT2D eigenvalue weighted by Gasteiger charge is 2.52. The third-order valence-corrected chi connectivity index (χ3v) is 8.43. The highest BCUT2D eigenvalue weighted by atomic mass is 35.5. The average Bonchev–Trinajstić information content (AvgIpc) is 3.56. The lowest BCUT2D eigenvalue weighted by Crippen LogP contribution is -2.52. The highest BCUT2D eigenvalue weighted by molar-refractivity contribution is 6.33. The molecule has 0 amide bonds. The molecule has 1 aliphatic carbocycles. The first-order chi connectivity index (χ1) is 19.0. The van der Waals surface area contributed by atoms with Crippen molar-refractivity contribution in [3.63, 3.8) is 0 Å². The second-order valence-electron chi connectivity index (χ2n) is 10.1. The van der Waals surface area contributed by atoms with E-state index in [1.807, 2.05) is 18.2 Å². The lowest BCUT2D eigenvalue weighted by Gasteiger charge is -2.46. The minimum atomic E-state index is -0.824. The number of esters is 2. The number of ether oxygens (including phenoxy) is 4. The number of rotatable bonds is 4. The Bertz CT molecular complexity index is 1540. The van der Waals surface area contributed by atoms with E-state index in [4.69, 9.17) is 42.1 Å². The van der Waals surface area contributed by atoms with Crippen LogP contribution in [0, 0.1) is 0 Å². The van der Waals surface area contributed by atoms with Crippen molar-refractivity contribution in [3.05, 3.63) is 105 Å². The van der Waals surface area contributed by atoms with Crippen LogP contribution in [0.15, 0.2) is 72.3 Å². The molecular weight excluding hydrogens is 541 g/mol. The summed E-state index contributed by atoms with van der Waals surface area (Å²) in [4.78, 5) is 29.1. The summed E-state index contributed by atoms with van der Waals surface area (Å²) in [5.41, 5.74) is 3.80. The minimum Gasteiger partial charge on any atom is -0.454 e. The zero-order valence-corrected chi connectivity index (χ0v) is 22.2. The smallest absolute Gasteiger partial charge is 0.340 e. The normalized spacial score (nSPS) is 24.4. The number of halogens is 2. The largest absolute Gasteiger partial charge is 0.454 e. The molecule has 1 fully saturated rings. The number of benzene rings is 3. The first kappa shape index (κ1) is 24.5. The molecule has 4 atom stereocenters. The fourth-order valence-electron chi connectivity index (χ4n) is 6.18. The summed E-state index contributed by atoms with van der Waals surface area (Å²) >= 11 is 12.5. The van der Waals surface area contributed by atoms with Gasteiger partial charge in [0.25, 0.3) is 0 Å². The van der Waals surface area contributed by atoms with Crippen LogP contribution >= 0.6 is 23.2 Å². The summed E-state index contributed by atoms with van der Waals surface area (Å²) in [7, 11) is 0. The van der Waals surface area contributed by atoms with Crippen molar-refractivity contribution in [3.8, 4) is 11.5 Å². The van der Waals surface area contributed by atoms with Crippen LogP contribution in [0.3, 0.4) is 0 Å². The number of fused-ring (bicyclic) bond motifs is 3. The maximum Gasteiger partial charge on any atom is 0.340 e. The molecule has 1 saturated heterocycles. The molecule has 3 aromatic rings. The van der Waals surface area contributed by atoms with Crippen LogP contribution in [0.2, 0.25) is 10.0 Å². The van der Waals surface area contributed by atoms with Crippen molar-refractivity contribution in [2.24, 2.45) is 0 Å². The lowest BCUT2D eigenvalue weighted by molar-refractivity contribution is -0.0443. The Morgan fingerprint density at radius 1 is 0.923 bits per heavy atom. The third kappa shape index (κ3) is 4.25. The SMILES string of the molecule is O=C(O[C@H]1C=C2CCN3Cc4cc5c(cc4[C@H]([C@@H]1OC(=O)c1ccccc1Cl)[C@@H]23)OCO5)c1cccc(Cl)c1. The average molecular weight is 564 g/mol. The highest BCUT2D eigenvalue weighted by Crippen LogP contribution is 2.51. The third-order valence-electron chi connectivity index (χ3n) is 7.86. The summed E-state index contributed by atoms with van der Waals surface area (Å²) in [6, 6.07) is 17.3. The first-order valence-corrected chi connectivity index (χ1v) is 13.5. The molecule has 3 heterocycles. The Morgan fingerprint density at radius 3 is 2.56 bits per heavy atom. The summed E-state index contributed by atoms with van der Waals surface area (Å²) in [5.74, 6) is -0.0716. The van der Waals surface area contributed by atoms with Crippen molar-refractivity contribution >= 4 is 35.1 Å². The van der Waals surface area contributed by atoms with Crippen LogP contribution in [0.4, 0.5) is 0 Å². The van der Waals surface area contributed by atoms with Gasteiger partial charge in [-0.05, 0) is 66.1 Å². The van der Waals surface area contributed by atoms with E-state index in [2.05, 4.69) is 4.90 Å². The predicted octanol–water partition coefficient (Wildman–Crippen LogP) is 5.78. The standard InChI is InChI=1S/C30H23Cl2NO6/c31-19-5-3-4-17(10-19)29(34)38-25-11-16-8-9-33-14-18-12-23-24(37-15-36-23)13-21(18)26(27(16)33)28(25)39-30(35)20-6-1-2-7-22(20)32/h1-7,10-13,25-28H,8-9,14-15H2/t25-,26-,27+,28+/m0/s1. The van der Waals surface area contributed by atoms with Gasteiger partial charge >= 0.3 is 11.9 Å². The molecule has 7 nitrogen and oxygen atoms in total. The molecule has 198 valence electrons. The van der Waals surface area contributed by atoms with Gasteiger partial charge in [-0.2, -0.15) is 0 Å². The Labute approximate surface area is 234 Å². The van der Waals surface area contributed by atoms with Gasteiger partial charge in [-0.15, -0.1) is 0 Å². The predicted molar refractivity (Wildman–Crippen MR) is 144 cm³/mol. The molecule has 9 heteroatoms. The first-order valence-electron chi connectivity index (χ1n) is 12.8. The van der Waals surface area contributed by atoms with Crippen molar-refractivity contribution < 1.29 is 28.5 Å². The summed E-state index contributed by atoms with van der Waals surface area (Å²) in [6.07, 6.45) is 1.14. The Hall–Kier alpha value is -3.52. The molecular formula is C30H23Cl2NO6. The van der Waals surface area contributed by atoms with Gasteiger partial charge in [0.15, 0.2) is 23.7 Å². The molecule has 3 aromatic carbocycles. The summed E-state index contributed by atoms with van der Waals surface area (Å²) in [6.45, 7) is 1.75. The van der Waals surface area contributed by atoms with Gasteiger partial charge in [-0.25, -0.2) is 9.59 Å². The number of carbonyl (C=O) groups excluding carboxylic acids is 2. The molecule has 0 unspecified atom stereocenters. The monoisotopic (exact) mass is 563 g/mol. The molecule has 3 aliphatic heterocycles. The molecule has 0 saturated carbocycles. The Balaban J connectivity index is 1.32. The van der Waals surface area contributed by atoms with E-state index >= 15 is 0 Å². The zero-order valence-electron chi connectivity index (χ0n) is 20.6. The van der Waals surface area contributed by atoms with Crippen LogP contribution in [0.1, 0.15) is 44.2 Å². The van der Waals surface area contributed by atoms with Crippen molar-refractivity contribution in [1.29, 1.82) is 0 Å². The number of hydrogen-bond donors (Lipinski definition) is 0. The van der Waals surface area contributed by atoms with E-state index in [0.717, 1.165) is 36.2 Å². The Kier molecular flexibility index (Phi) is 6.03. The van der Waals surface area contributed by atoms with E-state index in [-0.39, 0.29) is 29.3 Å². The molecule has 0 aromatic heterocycles. The summed E-state index contributed by atoms with van der Waals surface area (Å²) < 4.78 is 23.6. The molecule has 0 N–H and O–H groups in total. The maximum atomic E-state index is 13.5. The second kappa shape index (κ2) is 9.59. The van der Waals surface area contributed by atoms with Gasteiger partial charge in [0.05, 0.1) is 16.1 Å². The van der Waals surface area contributed by atoms with E-state index in [1.54, 1.807) is 48.5 Å². The fraction of sp³-hybridized carbons (Fsp3) is 0.267. The van der Waals surface area contributed by atoms with E-state index < -0.39 is 24.1 Å². The van der Waals surface area contributed by atoms with Crippen molar-refractivity contribution in [2.75, 3.05) is 13.3 Å². The topological polar surface area (TPSA) is 74.3 Å². The molecule has 39 heavy (non-hydrogen) atoms. The maximum absolute atomic E-state index is 13.5. The number of nitrogens with zero attached hydrogens (tertiary/aromatic N) is 1. The quantitative estimate of drug-likeness (QED) is 0.294.